The summed E-state index contributed by atoms with van der Waals surface area (Å²) in [5.41, 5.74) is 2.64. The van der Waals surface area contributed by atoms with Crippen LogP contribution < -0.4 is 10.2 Å². The van der Waals surface area contributed by atoms with E-state index in [-0.39, 0.29) is 0 Å². The molecule has 0 unspecified atom stereocenters. The van der Waals surface area contributed by atoms with Crippen molar-refractivity contribution in [2.75, 3.05) is 31.1 Å². The zero-order chi connectivity index (χ0) is 12.4. The van der Waals surface area contributed by atoms with Gasteiger partial charge in [0.2, 0.25) is 0 Å². The fourth-order valence-electron chi connectivity index (χ4n) is 2.95. The molecule has 4 nitrogen and oxygen atoms in total. The van der Waals surface area contributed by atoms with Gasteiger partial charge < -0.3 is 10.2 Å². The Morgan fingerprint density at radius 2 is 1.94 bits per heavy atom. The van der Waals surface area contributed by atoms with Crippen LogP contribution in [0.4, 0.5) is 5.82 Å². The summed E-state index contributed by atoms with van der Waals surface area (Å²) in [4.78, 5) is 11.5. The highest BCUT2D eigenvalue weighted by Crippen LogP contribution is 2.26. The highest BCUT2D eigenvalue weighted by Gasteiger charge is 2.22. The molecule has 1 aromatic heterocycles. The largest absolute Gasteiger partial charge is 0.356 e. The molecule has 0 aromatic carbocycles. The molecule has 0 bridgehead atoms. The second kappa shape index (κ2) is 5.22. The highest BCUT2D eigenvalue weighted by atomic mass is 15.2. The van der Waals surface area contributed by atoms with Gasteiger partial charge in [-0.25, -0.2) is 9.97 Å². The van der Waals surface area contributed by atoms with Crippen molar-refractivity contribution in [2.24, 2.45) is 5.92 Å². The number of hydrogen-bond donors (Lipinski definition) is 1. The lowest BCUT2D eigenvalue weighted by molar-refractivity contribution is 0.435. The maximum Gasteiger partial charge on any atom is 0.135 e. The molecule has 1 fully saturated rings. The summed E-state index contributed by atoms with van der Waals surface area (Å²) in [7, 11) is 0. The molecule has 1 aromatic rings. The third-order valence-corrected chi connectivity index (χ3v) is 4.19. The molecule has 3 rings (SSSR count). The predicted octanol–water partition coefficient (Wildman–Crippen LogP) is 1.40. The molecule has 2 aliphatic rings. The van der Waals surface area contributed by atoms with Crippen molar-refractivity contribution >= 4 is 5.82 Å². The van der Waals surface area contributed by atoms with Gasteiger partial charge in [0.15, 0.2) is 0 Å². The molecular weight excluding hydrogens is 224 g/mol. The first-order valence-electron chi connectivity index (χ1n) is 7.13. The molecule has 0 aliphatic carbocycles. The lowest BCUT2D eigenvalue weighted by Gasteiger charge is -2.32. The molecule has 98 valence electrons. The first-order valence-corrected chi connectivity index (χ1v) is 7.13. The van der Waals surface area contributed by atoms with E-state index in [9.17, 15) is 0 Å². The quantitative estimate of drug-likeness (QED) is 0.813. The van der Waals surface area contributed by atoms with Crippen molar-refractivity contribution in [1.29, 1.82) is 0 Å². The summed E-state index contributed by atoms with van der Waals surface area (Å²) < 4.78 is 0. The molecule has 2 aliphatic heterocycles. The minimum atomic E-state index is 0.864. The van der Waals surface area contributed by atoms with Gasteiger partial charge in [0.05, 0.1) is 5.69 Å². The van der Waals surface area contributed by atoms with Gasteiger partial charge in [-0.3, -0.25) is 0 Å². The third kappa shape index (κ3) is 2.34. The molecule has 0 atom stereocenters. The Morgan fingerprint density at radius 3 is 2.78 bits per heavy atom. The predicted molar refractivity (Wildman–Crippen MR) is 72.9 cm³/mol. The number of rotatable bonds is 1. The van der Waals surface area contributed by atoms with E-state index in [0.29, 0.717) is 0 Å². The van der Waals surface area contributed by atoms with Crippen molar-refractivity contribution in [3.8, 4) is 0 Å². The molecule has 0 amide bonds. The molecule has 0 saturated carbocycles. The third-order valence-electron chi connectivity index (χ3n) is 4.19. The minimum absolute atomic E-state index is 0.864. The maximum atomic E-state index is 4.57. The first-order chi connectivity index (χ1) is 8.84. The van der Waals surface area contributed by atoms with Crippen molar-refractivity contribution < 1.29 is 0 Å². The summed E-state index contributed by atoms with van der Waals surface area (Å²) in [5, 5.41) is 3.45. The van der Waals surface area contributed by atoms with E-state index in [2.05, 4.69) is 27.1 Å². The number of aromatic nitrogens is 2. The maximum absolute atomic E-state index is 4.57. The Labute approximate surface area is 109 Å². The lowest BCUT2D eigenvalue weighted by atomic mass is 9.98. The summed E-state index contributed by atoms with van der Waals surface area (Å²) in [6, 6.07) is 0. The Bertz CT molecular complexity index is 410. The second-order valence-electron chi connectivity index (χ2n) is 5.54. The van der Waals surface area contributed by atoms with E-state index in [4.69, 9.17) is 0 Å². The van der Waals surface area contributed by atoms with Crippen LogP contribution in [0.15, 0.2) is 6.33 Å². The van der Waals surface area contributed by atoms with Crippen LogP contribution >= 0.6 is 0 Å². The monoisotopic (exact) mass is 246 g/mol. The summed E-state index contributed by atoms with van der Waals surface area (Å²) in [5.74, 6) is 2.07. The number of fused-ring (bicyclic) bond motifs is 1. The number of piperidine rings is 1. The van der Waals surface area contributed by atoms with Crippen LogP contribution in [0, 0.1) is 5.92 Å². The van der Waals surface area contributed by atoms with E-state index in [1.54, 1.807) is 6.33 Å². The number of anilines is 1. The van der Waals surface area contributed by atoms with Crippen molar-refractivity contribution in [3.05, 3.63) is 17.6 Å². The normalized spacial score (nSPS) is 21.5. The van der Waals surface area contributed by atoms with E-state index >= 15 is 0 Å². The topological polar surface area (TPSA) is 41.1 Å². The van der Waals surface area contributed by atoms with Crippen LogP contribution in [0.25, 0.3) is 0 Å². The summed E-state index contributed by atoms with van der Waals surface area (Å²) in [6.07, 6.45) is 6.43. The zero-order valence-corrected chi connectivity index (χ0v) is 11.2. The Hall–Kier alpha value is -1.16. The smallest absolute Gasteiger partial charge is 0.135 e. The molecule has 1 N–H and O–H groups in total. The molecule has 3 heterocycles. The van der Waals surface area contributed by atoms with Crippen molar-refractivity contribution in [3.63, 3.8) is 0 Å². The van der Waals surface area contributed by atoms with Gasteiger partial charge in [0, 0.05) is 31.6 Å². The average Bonchev–Trinajstić information content (AvgIpc) is 2.64. The van der Waals surface area contributed by atoms with Crippen LogP contribution in [0.2, 0.25) is 0 Å². The SMILES string of the molecule is CC1CCN(c2ncnc3c2CCNCC3)CC1. The van der Waals surface area contributed by atoms with E-state index in [0.717, 1.165) is 44.9 Å². The van der Waals surface area contributed by atoms with Crippen LogP contribution in [0.3, 0.4) is 0 Å². The molecule has 4 heteroatoms. The second-order valence-corrected chi connectivity index (χ2v) is 5.54. The zero-order valence-electron chi connectivity index (χ0n) is 11.2. The van der Waals surface area contributed by atoms with Crippen LogP contribution in [0.5, 0.6) is 0 Å². The minimum Gasteiger partial charge on any atom is -0.356 e. The first kappa shape index (κ1) is 11.9. The lowest BCUT2D eigenvalue weighted by Crippen LogP contribution is -2.34. The Morgan fingerprint density at radius 1 is 1.17 bits per heavy atom. The number of nitrogens with zero attached hydrogens (tertiary/aromatic N) is 3. The van der Waals surface area contributed by atoms with Crippen LogP contribution in [-0.2, 0) is 12.8 Å². The number of nitrogens with one attached hydrogen (secondary N) is 1. The van der Waals surface area contributed by atoms with Crippen LogP contribution in [-0.4, -0.2) is 36.1 Å². The van der Waals surface area contributed by atoms with Gasteiger partial charge in [0.1, 0.15) is 12.1 Å². The van der Waals surface area contributed by atoms with E-state index in [1.165, 1.54) is 29.9 Å². The molecule has 0 radical (unpaired) electrons. The average molecular weight is 246 g/mol. The van der Waals surface area contributed by atoms with Crippen molar-refractivity contribution in [2.45, 2.75) is 32.6 Å². The fraction of sp³-hybridized carbons (Fsp3) is 0.714. The van der Waals surface area contributed by atoms with Gasteiger partial charge in [-0.1, -0.05) is 6.92 Å². The van der Waals surface area contributed by atoms with Gasteiger partial charge in [0.25, 0.3) is 0 Å². The summed E-state index contributed by atoms with van der Waals surface area (Å²) in [6.45, 7) is 6.75. The standard InChI is InChI=1S/C14H22N4/c1-11-4-8-18(9-5-11)14-12-2-6-15-7-3-13(12)16-10-17-14/h10-11,15H,2-9H2,1H3. The van der Waals surface area contributed by atoms with Gasteiger partial charge >= 0.3 is 0 Å². The van der Waals surface area contributed by atoms with E-state index in [1.807, 2.05) is 0 Å². The molecule has 18 heavy (non-hydrogen) atoms. The summed E-state index contributed by atoms with van der Waals surface area (Å²) >= 11 is 0. The highest BCUT2D eigenvalue weighted by molar-refractivity contribution is 5.49. The van der Waals surface area contributed by atoms with Crippen LogP contribution in [0.1, 0.15) is 31.0 Å². The van der Waals surface area contributed by atoms with Gasteiger partial charge in [-0.05, 0) is 31.7 Å². The van der Waals surface area contributed by atoms with Gasteiger partial charge in [-0.15, -0.1) is 0 Å². The number of hydrogen-bond acceptors (Lipinski definition) is 4. The molecule has 0 spiro atoms. The fourth-order valence-corrected chi connectivity index (χ4v) is 2.95. The molecule has 1 saturated heterocycles. The van der Waals surface area contributed by atoms with Crippen molar-refractivity contribution in [1.82, 2.24) is 15.3 Å². The molecular formula is C14H22N4. The Balaban J connectivity index is 1.87. The van der Waals surface area contributed by atoms with E-state index < -0.39 is 0 Å². The Kier molecular flexibility index (Phi) is 3.46. The van der Waals surface area contributed by atoms with Gasteiger partial charge in [-0.2, -0.15) is 0 Å².